The Morgan fingerprint density at radius 3 is 2.61 bits per heavy atom. The molecule has 0 unspecified atom stereocenters. The highest BCUT2D eigenvalue weighted by Gasteiger charge is 2.17. The van der Waals surface area contributed by atoms with E-state index in [0.717, 1.165) is 5.39 Å². The molecule has 1 heterocycles. The number of carboxylic acid groups (broad SMARTS) is 1. The molecule has 0 saturated carbocycles. The molecular formula is C20H16Cl2N2O3S. The Kier molecular flexibility index (Phi) is 6.03. The van der Waals surface area contributed by atoms with E-state index in [4.69, 9.17) is 50.2 Å². The zero-order valence-corrected chi connectivity index (χ0v) is 17.4. The predicted octanol–water partition coefficient (Wildman–Crippen LogP) is 4.91. The van der Waals surface area contributed by atoms with Gasteiger partial charge in [0.25, 0.3) is 0 Å². The number of nitrogens with zero attached hydrogens (tertiary/aromatic N) is 2. The highest BCUT2D eigenvalue weighted by atomic mass is 35.5. The molecular weight excluding hydrogens is 419 g/mol. The van der Waals surface area contributed by atoms with Gasteiger partial charge < -0.3 is 14.7 Å². The number of carbonyl (C=O) groups is 1. The second-order valence-electron chi connectivity index (χ2n) is 6.12. The van der Waals surface area contributed by atoms with Gasteiger partial charge >= 0.3 is 5.97 Å². The molecule has 0 atom stereocenters. The number of thiocarbonyl (C=S) groups is 1. The summed E-state index contributed by atoms with van der Waals surface area (Å²) < 4.78 is 5.30. The number of aromatic nitrogens is 1. The zero-order chi connectivity index (χ0) is 20.4. The van der Waals surface area contributed by atoms with Crippen LogP contribution in [0.3, 0.4) is 0 Å². The first-order valence-electron chi connectivity index (χ1n) is 8.21. The van der Waals surface area contributed by atoms with Crippen molar-refractivity contribution in [2.45, 2.75) is 0 Å². The molecule has 144 valence electrons. The second-order valence-corrected chi connectivity index (χ2v) is 7.35. The molecule has 0 spiro atoms. The smallest absolute Gasteiger partial charge is 0.323 e. The maximum atomic E-state index is 11.1. The number of fused-ring (bicyclic) bond motifs is 1. The number of hydrogen-bond donors (Lipinski definition) is 1. The van der Waals surface area contributed by atoms with Crippen LogP contribution in [0, 0.1) is 0 Å². The number of rotatable bonds is 5. The van der Waals surface area contributed by atoms with Crippen LogP contribution >= 0.6 is 35.4 Å². The quantitative estimate of drug-likeness (QED) is 0.575. The largest absolute Gasteiger partial charge is 0.497 e. The number of carboxylic acids is 1. The Labute approximate surface area is 177 Å². The van der Waals surface area contributed by atoms with Gasteiger partial charge in [-0.15, -0.1) is 0 Å². The van der Waals surface area contributed by atoms with Crippen molar-refractivity contribution in [2.24, 2.45) is 0 Å². The van der Waals surface area contributed by atoms with E-state index < -0.39 is 5.97 Å². The Morgan fingerprint density at radius 1 is 1.21 bits per heavy atom. The number of pyridine rings is 1. The molecule has 0 aliphatic carbocycles. The molecule has 0 radical (unpaired) electrons. The number of hydrogen-bond acceptors (Lipinski definition) is 4. The van der Waals surface area contributed by atoms with Gasteiger partial charge in [0.05, 0.1) is 23.3 Å². The standard InChI is InChI=1S/C20H16Cl2N2O3S/c1-24(10-19(25)26)20(28)15-9-18(14-5-3-11(21)7-16(14)22)23-17-8-12(27-2)4-6-13(15)17/h3-9H,10H2,1-2H3,(H,25,26). The van der Waals surface area contributed by atoms with Gasteiger partial charge in [-0.3, -0.25) is 4.79 Å². The highest BCUT2D eigenvalue weighted by molar-refractivity contribution is 7.80. The molecule has 2 aromatic carbocycles. The van der Waals surface area contributed by atoms with Crippen LogP contribution in [-0.4, -0.2) is 46.7 Å². The van der Waals surface area contributed by atoms with E-state index in [1.54, 1.807) is 38.4 Å². The molecule has 0 aliphatic heterocycles. The summed E-state index contributed by atoms with van der Waals surface area (Å²) in [5, 5.41) is 10.9. The van der Waals surface area contributed by atoms with Gasteiger partial charge in [-0.25, -0.2) is 4.98 Å². The molecule has 28 heavy (non-hydrogen) atoms. The lowest BCUT2D eigenvalue weighted by molar-refractivity contribution is -0.137. The zero-order valence-electron chi connectivity index (χ0n) is 15.1. The van der Waals surface area contributed by atoms with Crippen LogP contribution in [0.15, 0.2) is 42.5 Å². The van der Waals surface area contributed by atoms with Crippen LogP contribution in [0.1, 0.15) is 5.56 Å². The van der Waals surface area contributed by atoms with E-state index in [0.29, 0.717) is 43.1 Å². The van der Waals surface area contributed by atoms with E-state index >= 15 is 0 Å². The molecule has 0 fully saturated rings. The van der Waals surface area contributed by atoms with Crippen LogP contribution in [0.4, 0.5) is 0 Å². The first-order valence-corrected chi connectivity index (χ1v) is 9.38. The van der Waals surface area contributed by atoms with Crippen LogP contribution in [0.25, 0.3) is 22.2 Å². The van der Waals surface area contributed by atoms with E-state index in [1.807, 2.05) is 18.2 Å². The monoisotopic (exact) mass is 434 g/mol. The second kappa shape index (κ2) is 8.31. The summed E-state index contributed by atoms with van der Waals surface area (Å²) in [5.74, 6) is -0.319. The molecule has 1 aromatic heterocycles. The van der Waals surface area contributed by atoms with Crippen molar-refractivity contribution in [3.05, 3.63) is 58.1 Å². The molecule has 0 saturated heterocycles. The van der Waals surface area contributed by atoms with Crippen LogP contribution < -0.4 is 4.74 Å². The summed E-state index contributed by atoms with van der Waals surface area (Å²) >= 11 is 17.9. The number of halogens is 2. The maximum absolute atomic E-state index is 11.1. The van der Waals surface area contributed by atoms with Gasteiger partial charge in [0, 0.05) is 34.6 Å². The average Bonchev–Trinajstić information content (AvgIpc) is 2.65. The topological polar surface area (TPSA) is 62.7 Å². The summed E-state index contributed by atoms with van der Waals surface area (Å²) in [4.78, 5) is 17.7. The third-order valence-electron chi connectivity index (χ3n) is 4.17. The van der Waals surface area contributed by atoms with Gasteiger partial charge in [0.15, 0.2) is 0 Å². The fourth-order valence-electron chi connectivity index (χ4n) is 2.83. The van der Waals surface area contributed by atoms with Crippen molar-refractivity contribution in [1.82, 2.24) is 9.88 Å². The molecule has 0 bridgehead atoms. The fourth-order valence-corrected chi connectivity index (χ4v) is 3.57. The first-order chi connectivity index (χ1) is 13.3. The molecule has 1 N–H and O–H groups in total. The lowest BCUT2D eigenvalue weighted by atomic mass is 10.0. The van der Waals surface area contributed by atoms with Gasteiger partial charge in [-0.2, -0.15) is 0 Å². The number of aliphatic carboxylic acids is 1. The van der Waals surface area contributed by atoms with Gasteiger partial charge in [-0.1, -0.05) is 35.4 Å². The van der Waals surface area contributed by atoms with Crippen molar-refractivity contribution in [2.75, 3.05) is 20.7 Å². The Balaban J connectivity index is 2.23. The van der Waals surface area contributed by atoms with Crippen molar-refractivity contribution in [1.29, 1.82) is 0 Å². The lowest BCUT2D eigenvalue weighted by Gasteiger charge is -2.20. The minimum Gasteiger partial charge on any atom is -0.497 e. The number of methoxy groups -OCH3 is 1. The molecule has 0 amide bonds. The molecule has 3 rings (SSSR count). The Morgan fingerprint density at radius 2 is 1.96 bits per heavy atom. The molecule has 0 aliphatic rings. The minimum absolute atomic E-state index is 0.212. The summed E-state index contributed by atoms with van der Waals surface area (Å²) in [6.07, 6.45) is 0. The SMILES string of the molecule is COc1ccc2c(C(=S)N(C)CC(=O)O)cc(-c3ccc(Cl)cc3Cl)nc2c1. The predicted molar refractivity (Wildman–Crippen MR) is 116 cm³/mol. The normalized spacial score (nSPS) is 10.7. The van der Waals surface area contributed by atoms with Gasteiger partial charge in [0.2, 0.25) is 0 Å². The van der Waals surface area contributed by atoms with E-state index in [2.05, 4.69) is 0 Å². The van der Waals surface area contributed by atoms with Gasteiger partial charge in [-0.05, 0) is 36.4 Å². The lowest BCUT2D eigenvalue weighted by Crippen LogP contribution is -2.31. The summed E-state index contributed by atoms with van der Waals surface area (Å²) in [6, 6.07) is 12.4. The maximum Gasteiger partial charge on any atom is 0.323 e. The van der Waals surface area contributed by atoms with Crippen molar-refractivity contribution in [3.63, 3.8) is 0 Å². The van der Waals surface area contributed by atoms with Gasteiger partial charge in [0.1, 0.15) is 17.3 Å². The molecule has 3 aromatic rings. The molecule has 8 heteroatoms. The van der Waals surface area contributed by atoms with Crippen molar-refractivity contribution in [3.8, 4) is 17.0 Å². The summed E-state index contributed by atoms with van der Waals surface area (Å²) in [6.45, 7) is -0.212. The Bertz CT molecular complexity index is 1090. The first kappa shape index (κ1) is 20.3. The van der Waals surface area contributed by atoms with Crippen LogP contribution in [-0.2, 0) is 4.79 Å². The number of ether oxygens (including phenoxy) is 1. The van der Waals surface area contributed by atoms with Crippen molar-refractivity contribution < 1.29 is 14.6 Å². The van der Waals surface area contributed by atoms with Crippen molar-refractivity contribution >= 4 is 57.3 Å². The molecule has 5 nitrogen and oxygen atoms in total. The average molecular weight is 435 g/mol. The van der Waals surface area contributed by atoms with E-state index in [-0.39, 0.29) is 6.54 Å². The van der Waals surface area contributed by atoms with Crippen LogP contribution in [0.5, 0.6) is 5.75 Å². The number of benzene rings is 2. The fraction of sp³-hybridized carbons (Fsp3) is 0.150. The number of likely N-dealkylation sites (N-methyl/N-ethyl adjacent to an activating group) is 1. The minimum atomic E-state index is -0.967. The van der Waals surface area contributed by atoms with E-state index in [1.165, 1.54) is 4.90 Å². The highest BCUT2D eigenvalue weighted by Crippen LogP contribution is 2.33. The summed E-state index contributed by atoms with van der Waals surface area (Å²) in [5.41, 5.74) is 2.64. The Hall–Kier alpha value is -2.41. The third kappa shape index (κ3) is 4.19. The summed E-state index contributed by atoms with van der Waals surface area (Å²) in [7, 11) is 3.22. The van der Waals surface area contributed by atoms with Crippen LogP contribution in [0.2, 0.25) is 10.0 Å². The third-order valence-corrected chi connectivity index (χ3v) is 5.25. The van der Waals surface area contributed by atoms with E-state index in [9.17, 15) is 4.79 Å².